The molecule has 122 valence electrons. The van der Waals surface area contributed by atoms with Gasteiger partial charge in [-0.2, -0.15) is 0 Å². The zero-order chi connectivity index (χ0) is 16.9. The van der Waals surface area contributed by atoms with E-state index in [2.05, 4.69) is 9.84 Å². The second kappa shape index (κ2) is 7.28. The lowest BCUT2D eigenvalue weighted by Crippen LogP contribution is -2.23. The molecule has 8 heteroatoms. The zero-order valence-electron chi connectivity index (χ0n) is 12.0. The van der Waals surface area contributed by atoms with Crippen molar-refractivity contribution in [2.75, 3.05) is 5.32 Å². The van der Waals surface area contributed by atoms with Crippen LogP contribution >= 0.6 is 7.82 Å². The van der Waals surface area contributed by atoms with E-state index in [1.807, 2.05) is 0 Å². The standard InChI is InChI=1S/C15H16NO6P/c17-10-13(9-11-1-5-14(18)6-2-11)16-12-3-7-15(8-4-12)22-23(19,20)21/h1-8,10,13,16,18H,9H2,(H2,19,20,21)/t13-/m0/s1. The van der Waals surface area contributed by atoms with E-state index in [9.17, 15) is 14.5 Å². The molecule has 23 heavy (non-hydrogen) atoms. The van der Waals surface area contributed by atoms with Gasteiger partial charge in [-0.05, 0) is 48.4 Å². The zero-order valence-corrected chi connectivity index (χ0v) is 12.9. The summed E-state index contributed by atoms with van der Waals surface area (Å²) in [7, 11) is -4.58. The van der Waals surface area contributed by atoms with Gasteiger partial charge in [0.25, 0.3) is 0 Å². The summed E-state index contributed by atoms with van der Waals surface area (Å²) in [6.07, 6.45) is 1.21. The lowest BCUT2D eigenvalue weighted by atomic mass is 10.1. The summed E-state index contributed by atoms with van der Waals surface area (Å²) >= 11 is 0. The minimum absolute atomic E-state index is 0.0325. The third-order valence-electron chi connectivity index (χ3n) is 2.99. The predicted molar refractivity (Wildman–Crippen MR) is 84.4 cm³/mol. The van der Waals surface area contributed by atoms with Crippen LogP contribution in [0, 0.1) is 0 Å². The van der Waals surface area contributed by atoms with E-state index >= 15 is 0 Å². The molecular weight excluding hydrogens is 321 g/mol. The first-order valence-electron chi connectivity index (χ1n) is 6.71. The third-order valence-corrected chi connectivity index (χ3v) is 3.44. The number of anilines is 1. The number of phosphoric acid groups is 1. The number of carbonyl (C=O) groups excluding carboxylic acids is 1. The van der Waals surface area contributed by atoms with Crippen molar-refractivity contribution in [1.29, 1.82) is 0 Å². The molecule has 0 spiro atoms. The molecule has 1 atom stereocenters. The second-order valence-electron chi connectivity index (χ2n) is 4.86. The van der Waals surface area contributed by atoms with Gasteiger partial charge in [0.15, 0.2) is 0 Å². The quantitative estimate of drug-likeness (QED) is 0.451. The van der Waals surface area contributed by atoms with Crippen molar-refractivity contribution in [2.24, 2.45) is 0 Å². The van der Waals surface area contributed by atoms with Crippen LogP contribution in [0.2, 0.25) is 0 Å². The Labute approximate surface area is 132 Å². The Kier molecular flexibility index (Phi) is 5.39. The summed E-state index contributed by atoms with van der Waals surface area (Å²) in [6, 6.07) is 12.0. The Hall–Kier alpha value is -2.34. The van der Waals surface area contributed by atoms with Gasteiger partial charge >= 0.3 is 7.82 Å². The molecule has 0 saturated carbocycles. The Morgan fingerprint density at radius 1 is 1.09 bits per heavy atom. The molecule has 0 fully saturated rings. The summed E-state index contributed by atoms with van der Waals surface area (Å²) < 4.78 is 15.2. The Balaban J connectivity index is 1.99. The van der Waals surface area contributed by atoms with Crippen molar-refractivity contribution in [3.8, 4) is 11.5 Å². The lowest BCUT2D eigenvalue weighted by molar-refractivity contribution is -0.108. The first-order valence-corrected chi connectivity index (χ1v) is 8.24. The van der Waals surface area contributed by atoms with E-state index in [1.165, 1.54) is 12.1 Å². The van der Waals surface area contributed by atoms with Gasteiger partial charge in [0.1, 0.15) is 17.8 Å². The van der Waals surface area contributed by atoms with E-state index in [0.717, 1.165) is 11.8 Å². The Bertz CT molecular complexity index is 695. The smallest absolute Gasteiger partial charge is 0.508 e. The van der Waals surface area contributed by atoms with E-state index in [1.54, 1.807) is 36.4 Å². The summed E-state index contributed by atoms with van der Waals surface area (Å²) in [5.41, 5.74) is 1.49. The number of aldehydes is 1. The molecule has 0 radical (unpaired) electrons. The predicted octanol–water partition coefficient (Wildman–Crippen LogP) is 2.09. The van der Waals surface area contributed by atoms with Crippen LogP contribution in [0.3, 0.4) is 0 Å². The van der Waals surface area contributed by atoms with Crippen molar-refractivity contribution in [3.63, 3.8) is 0 Å². The fraction of sp³-hybridized carbons (Fsp3) is 0.133. The highest BCUT2D eigenvalue weighted by molar-refractivity contribution is 7.46. The number of carbonyl (C=O) groups is 1. The average Bonchev–Trinajstić information content (AvgIpc) is 2.49. The lowest BCUT2D eigenvalue weighted by Gasteiger charge is -2.15. The average molecular weight is 337 g/mol. The molecule has 0 aromatic heterocycles. The number of hydrogen-bond donors (Lipinski definition) is 4. The maximum absolute atomic E-state index is 11.2. The van der Waals surface area contributed by atoms with Crippen molar-refractivity contribution in [3.05, 3.63) is 54.1 Å². The van der Waals surface area contributed by atoms with E-state index in [-0.39, 0.29) is 11.5 Å². The molecule has 2 aromatic carbocycles. The molecule has 0 aliphatic heterocycles. The number of aromatic hydroxyl groups is 1. The molecule has 4 N–H and O–H groups in total. The number of phosphoric ester groups is 1. The van der Waals surface area contributed by atoms with Crippen LogP contribution in [-0.4, -0.2) is 27.2 Å². The highest BCUT2D eigenvalue weighted by atomic mass is 31.2. The molecular formula is C15H16NO6P. The van der Waals surface area contributed by atoms with Crippen LogP contribution in [0.5, 0.6) is 11.5 Å². The SMILES string of the molecule is O=C[C@H](Cc1ccc(O)cc1)Nc1ccc(OP(=O)(O)O)cc1. The molecule has 7 nitrogen and oxygen atoms in total. The second-order valence-corrected chi connectivity index (χ2v) is 6.03. The number of phenolic OH excluding ortho intramolecular Hbond substituents is 1. The molecule has 0 amide bonds. The van der Waals surface area contributed by atoms with Gasteiger partial charge < -0.3 is 19.7 Å². The first kappa shape index (κ1) is 17.0. The summed E-state index contributed by atoms with van der Waals surface area (Å²) in [5, 5.41) is 12.2. The van der Waals surface area contributed by atoms with Gasteiger partial charge in [-0.1, -0.05) is 12.1 Å². The molecule has 2 aromatic rings. The monoisotopic (exact) mass is 337 g/mol. The fourth-order valence-electron chi connectivity index (χ4n) is 1.98. The van der Waals surface area contributed by atoms with Crippen LogP contribution in [0.25, 0.3) is 0 Å². The first-order chi connectivity index (χ1) is 10.9. The van der Waals surface area contributed by atoms with Crippen LogP contribution in [-0.2, 0) is 15.8 Å². The molecule has 0 unspecified atom stereocenters. The van der Waals surface area contributed by atoms with Crippen LogP contribution in [0.1, 0.15) is 5.56 Å². The number of benzene rings is 2. The van der Waals surface area contributed by atoms with Crippen molar-refractivity contribution >= 4 is 19.8 Å². The van der Waals surface area contributed by atoms with Crippen molar-refractivity contribution in [2.45, 2.75) is 12.5 Å². The summed E-state index contributed by atoms with van der Waals surface area (Å²) in [6.45, 7) is 0. The van der Waals surface area contributed by atoms with E-state index in [4.69, 9.17) is 9.79 Å². The molecule has 0 bridgehead atoms. The molecule has 2 rings (SSSR count). The van der Waals surface area contributed by atoms with Crippen LogP contribution < -0.4 is 9.84 Å². The van der Waals surface area contributed by atoms with Crippen LogP contribution in [0.15, 0.2) is 48.5 Å². The fourth-order valence-corrected chi connectivity index (χ4v) is 2.38. The Morgan fingerprint density at radius 3 is 2.22 bits per heavy atom. The van der Waals surface area contributed by atoms with Gasteiger partial charge in [-0.25, -0.2) is 4.57 Å². The number of rotatable bonds is 7. The molecule has 0 aliphatic rings. The highest BCUT2D eigenvalue weighted by Gasteiger charge is 2.15. The maximum atomic E-state index is 11.2. The topological polar surface area (TPSA) is 116 Å². The van der Waals surface area contributed by atoms with Gasteiger partial charge in [0.05, 0.1) is 6.04 Å². The van der Waals surface area contributed by atoms with Gasteiger partial charge in [-0.3, -0.25) is 9.79 Å². The normalized spacial score (nSPS) is 12.4. The minimum Gasteiger partial charge on any atom is -0.508 e. The number of hydrogen-bond acceptors (Lipinski definition) is 5. The van der Waals surface area contributed by atoms with Gasteiger partial charge in [0.2, 0.25) is 0 Å². The number of nitrogens with one attached hydrogen (secondary N) is 1. The van der Waals surface area contributed by atoms with E-state index < -0.39 is 13.9 Å². The van der Waals surface area contributed by atoms with Gasteiger partial charge in [-0.15, -0.1) is 0 Å². The Morgan fingerprint density at radius 2 is 1.70 bits per heavy atom. The van der Waals surface area contributed by atoms with E-state index in [0.29, 0.717) is 12.1 Å². The van der Waals surface area contributed by atoms with Crippen LogP contribution in [0.4, 0.5) is 5.69 Å². The molecule has 0 saturated heterocycles. The largest absolute Gasteiger partial charge is 0.524 e. The van der Waals surface area contributed by atoms with Gasteiger partial charge in [0, 0.05) is 5.69 Å². The maximum Gasteiger partial charge on any atom is 0.524 e. The third kappa shape index (κ3) is 5.75. The van der Waals surface area contributed by atoms with Crippen molar-refractivity contribution in [1.82, 2.24) is 0 Å². The molecule has 0 heterocycles. The summed E-state index contributed by atoms with van der Waals surface area (Å²) in [4.78, 5) is 28.6. The minimum atomic E-state index is -4.58. The van der Waals surface area contributed by atoms with Crippen molar-refractivity contribution < 1.29 is 28.8 Å². The summed E-state index contributed by atoms with van der Waals surface area (Å²) in [5.74, 6) is 0.190. The highest BCUT2D eigenvalue weighted by Crippen LogP contribution is 2.37. The molecule has 0 aliphatic carbocycles. The number of phenols is 1.